The second-order valence-electron chi connectivity index (χ2n) is 11.1. The van der Waals surface area contributed by atoms with Crippen molar-refractivity contribution in [3.8, 4) is 34.5 Å². The highest BCUT2D eigenvalue weighted by atomic mass is 16.5. The molecule has 12 heteroatoms. The Hall–Kier alpha value is -5.36. The van der Waals surface area contributed by atoms with Gasteiger partial charge in [0, 0.05) is 30.0 Å². The number of hydrogen-bond acceptors (Lipinski definition) is 11. The molecule has 0 radical (unpaired) electrons. The first-order valence-electron chi connectivity index (χ1n) is 16.7. The number of Topliss-reactive ketones (excluding diaryl/α,β-unsaturated/α-hetero) is 1. The van der Waals surface area contributed by atoms with Gasteiger partial charge in [0.15, 0.2) is 34.6 Å². The number of carbonyl (C=O) groups excluding carboxylic acids is 3. The topological polar surface area (TPSA) is 142 Å². The SMILES string of the molecule is CC.COc1cc(/C=C/C(C)=O)ccc1OCCOc1cc2c(cc1CO)C(=O)N1CCC[C@@H]1C=N2.COc1cc(C(C)=O)cc(OC)c1OC. The molecule has 2 aliphatic heterocycles. The van der Waals surface area contributed by atoms with Gasteiger partial charge in [0.2, 0.25) is 5.75 Å². The van der Waals surface area contributed by atoms with Crippen LogP contribution in [0.25, 0.3) is 6.08 Å². The van der Waals surface area contributed by atoms with Crippen LogP contribution in [0.4, 0.5) is 5.69 Å². The smallest absolute Gasteiger partial charge is 0.256 e. The molecule has 2 heterocycles. The number of fused-ring (bicyclic) bond motifs is 2. The van der Waals surface area contributed by atoms with Crippen LogP contribution in [0.5, 0.6) is 34.5 Å². The van der Waals surface area contributed by atoms with Crippen LogP contribution in [0, 0.1) is 0 Å². The summed E-state index contributed by atoms with van der Waals surface area (Å²) in [6.07, 6.45) is 6.90. The van der Waals surface area contributed by atoms with Crippen molar-refractivity contribution in [3.05, 3.63) is 70.8 Å². The number of aliphatic imine (C=N–C) groups is 1. The summed E-state index contributed by atoms with van der Waals surface area (Å²) in [5, 5.41) is 9.85. The number of aliphatic hydroxyl groups excluding tert-OH is 1. The standard InChI is InChI=1S/C26H28N2O6.C11H14O4.C2H6/c1-17(30)5-6-18-7-8-23(25(12-18)32-2)33-10-11-34-24-14-22-21(13-19(24)16-29)26(31)28-9-3-4-20(28)15-27-22;1-7(12)8-5-9(13-2)11(15-4)10(6-8)14-3;1-2/h5-8,12-15,20,29H,3-4,9-11,16H2,1-2H3;5-6H,1-4H3;1-2H3/b6-5+;;/t20-;;/m1../s1. The quantitative estimate of drug-likeness (QED) is 0.119. The summed E-state index contributed by atoms with van der Waals surface area (Å²) in [6.45, 7) is 7.89. The number of ketones is 2. The summed E-state index contributed by atoms with van der Waals surface area (Å²) in [7, 11) is 6.10. The third-order valence-corrected chi connectivity index (χ3v) is 7.89. The Kier molecular flexibility index (Phi) is 15.5. The fraction of sp³-hybridized carbons (Fsp3) is 0.385. The Labute approximate surface area is 299 Å². The Morgan fingerprint density at radius 2 is 1.51 bits per heavy atom. The van der Waals surface area contributed by atoms with Crippen molar-refractivity contribution in [2.75, 3.05) is 48.2 Å². The van der Waals surface area contributed by atoms with Crippen LogP contribution in [-0.4, -0.2) is 87.9 Å². The summed E-state index contributed by atoms with van der Waals surface area (Å²) >= 11 is 0. The third kappa shape index (κ3) is 10.3. The minimum atomic E-state index is -0.257. The predicted octanol–water partition coefficient (Wildman–Crippen LogP) is 6.51. The lowest BCUT2D eigenvalue weighted by Gasteiger charge is -2.20. The molecule has 5 rings (SSSR count). The summed E-state index contributed by atoms with van der Waals surface area (Å²) in [5.74, 6) is 2.88. The summed E-state index contributed by atoms with van der Waals surface area (Å²) in [5.41, 5.74) is 2.91. The second-order valence-corrected chi connectivity index (χ2v) is 11.1. The zero-order chi connectivity index (χ0) is 37.5. The molecule has 1 amide bonds. The van der Waals surface area contributed by atoms with Crippen LogP contribution in [0.15, 0.2) is 53.5 Å². The van der Waals surface area contributed by atoms with E-state index in [1.165, 1.54) is 41.3 Å². The molecule has 0 bridgehead atoms. The molecule has 51 heavy (non-hydrogen) atoms. The van der Waals surface area contributed by atoms with Gasteiger partial charge in [-0.05, 0) is 68.7 Å². The maximum Gasteiger partial charge on any atom is 0.256 e. The highest BCUT2D eigenvalue weighted by Crippen LogP contribution is 2.38. The molecule has 3 aromatic carbocycles. The summed E-state index contributed by atoms with van der Waals surface area (Å²) in [6, 6.07) is 12.0. The fourth-order valence-corrected chi connectivity index (χ4v) is 5.38. The van der Waals surface area contributed by atoms with Crippen molar-refractivity contribution in [2.45, 2.75) is 53.2 Å². The number of methoxy groups -OCH3 is 4. The van der Waals surface area contributed by atoms with E-state index in [0.717, 1.165) is 24.9 Å². The highest BCUT2D eigenvalue weighted by molar-refractivity contribution is 6.03. The molecular formula is C39H48N2O10. The third-order valence-electron chi connectivity index (χ3n) is 7.89. The number of amides is 1. The van der Waals surface area contributed by atoms with E-state index in [9.17, 15) is 19.5 Å². The van der Waals surface area contributed by atoms with Crippen molar-refractivity contribution >= 4 is 35.5 Å². The van der Waals surface area contributed by atoms with Crippen molar-refractivity contribution in [3.63, 3.8) is 0 Å². The van der Waals surface area contributed by atoms with Gasteiger partial charge in [-0.2, -0.15) is 0 Å². The van der Waals surface area contributed by atoms with E-state index >= 15 is 0 Å². The number of hydrogen-bond donors (Lipinski definition) is 1. The van der Waals surface area contributed by atoms with Gasteiger partial charge in [-0.1, -0.05) is 26.0 Å². The lowest BCUT2D eigenvalue weighted by atomic mass is 10.1. The minimum absolute atomic E-state index is 0.0227. The molecule has 2 aliphatic rings. The highest BCUT2D eigenvalue weighted by Gasteiger charge is 2.32. The van der Waals surface area contributed by atoms with E-state index in [0.29, 0.717) is 56.9 Å². The Bertz CT molecular complexity index is 1710. The minimum Gasteiger partial charge on any atom is -0.493 e. The van der Waals surface area contributed by atoms with E-state index in [-0.39, 0.29) is 43.3 Å². The van der Waals surface area contributed by atoms with Gasteiger partial charge in [-0.25, -0.2) is 0 Å². The van der Waals surface area contributed by atoms with E-state index in [2.05, 4.69) is 4.99 Å². The molecular weight excluding hydrogens is 656 g/mol. The van der Waals surface area contributed by atoms with E-state index < -0.39 is 0 Å². The monoisotopic (exact) mass is 704 g/mol. The maximum absolute atomic E-state index is 12.9. The Balaban J connectivity index is 0.000000346. The van der Waals surface area contributed by atoms with E-state index in [1.54, 1.807) is 49.6 Å². The number of rotatable bonds is 13. The number of carbonyl (C=O) groups is 3. The molecule has 1 fully saturated rings. The lowest BCUT2D eigenvalue weighted by molar-refractivity contribution is -0.112. The van der Waals surface area contributed by atoms with Crippen molar-refractivity contribution in [1.82, 2.24) is 4.90 Å². The van der Waals surface area contributed by atoms with Gasteiger partial charge in [-0.15, -0.1) is 0 Å². The number of ether oxygens (including phenoxy) is 6. The molecule has 1 N–H and O–H groups in total. The van der Waals surface area contributed by atoms with Gasteiger partial charge in [-0.3, -0.25) is 19.4 Å². The molecule has 3 aromatic rings. The normalized spacial score (nSPS) is 14.2. The van der Waals surface area contributed by atoms with Crippen LogP contribution in [0.1, 0.15) is 72.4 Å². The largest absolute Gasteiger partial charge is 0.493 e. The average molecular weight is 705 g/mol. The summed E-state index contributed by atoms with van der Waals surface area (Å²) < 4.78 is 32.4. The number of benzene rings is 3. The van der Waals surface area contributed by atoms with Gasteiger partial charge in [0.1, 0.15) is 19.0 Å². The second kappa shape index (κ2) is 19.7. The van der Waals surface area contributed by atoms with Crippen LogP contribution < -0.4 is 28.4 Å². The van der Waals surface area contributed by atoms with Gasteiger partial charge >= 0.3 is 0 Å². The molecule has 274 valence electrons. The predicted molar refractivity (Wildman–Crippen MR) is 196 cm³/mol. The molecule has 0 saturated carbocycles. The first-order valence-corrected chi connectivity index (χ1v) is 16.7. The number of aliphatic hydroxyl groups is 1. The van der Waals surface area contributed by atoms with Crippen LogP contribution in [0.2, 0.25) is 0 Å². The molecule has 12 nitrogen and oxygen atoms in total. The zero-order valence-electron chi connectivity index (χ0n) is 30.6. The Morgan fingerprint density at radius 1 is 0.863 bits per heavy atom. The van der Waals surface area contributed by atoms with Crippen molar-refractivity contribution in [1.29, 1.82) is 0 Å². The first-order chi connectivity index (χ1) is 24.6. The Morgan fingerprint density at radius 3 is 2.08 bits per heavy atom. The molecule has 0 unspecified atom stereocenters. The molecule has 0 aromatic heterocycles. The van der Waals surface area contributed by atoms with Gasteiger partial charge < -0.3 is 38.4 Å². The molecule has 1 atom stereocenters. The molecule has 0 aliphatic carbocycles. The summed E-state index contributed by atoms with van der Waals surface area (Å²) in [4.78, 5) is 41.7. The zero-order valence-corrected chi connectivity index (χ0v) is 30.6. The maximum atomic E-state index is 12.9. The van der Waals surface area contributed by atoms with Crippen molar-refractivity contribution < 1.29 is 47.9 Å². The van der Waals surface area contributed by atoms with E-state index in [4.69, 9.17) is 28.4 Å². The van der Waals surface area contributed by atoms with Crippen LogP contribution in [-0.2, 0) is 11.4 Å². The molecule has 1 saturated heterocycles. The van der Waals surface area contributed by atoms with Gasteiger partial charge in [0.05, 0.1) is 52.3 Å². The number of nitrogens with zero attached hydrogens (tertiary/aromatic N) is 2. The average Bonchev–Trinajstić information content (AvgIpc) is 3.59. The van der Waals surface area contributed by atoms with Crippen LogP contribution >= 0.6 is 0 Å². The lowest BCUT2D eigenvalue weighted by Crippen LogP contribution is -2.35. The van der Waals surface area contributed by atoms with Crippen molar-refractivity contribution in [2.24, 2.45) is 4.99 Å². The van der Waals surface area contributed by atoms with E-state index in [1.807, 2.05) is 31.0 Å². The van der Waals surface area contributed by atoms with Crippen LogP contribution in [0.3, 0.4) is 0 Å². The molecule has 0 spiro atoms. The number of allylic oxidation sites excluding steroid dienone is 1. The van der Waals surface area contributed by atoms with Gasteiger partial charge in [0.25, 0.3) is 5.91 Å². The fourth-order valence-electron chi connectivity index (χ4n) is 5.38. The first kappa shape index (κ1) is 40.1.